The van der Waals surface area contributed by atoms with Crippen molar-refractivity contribution in [3.05, 3.63) is 89.4 Å². The van der Waals surface area contributed by atoms with Gasteiger partial charge < -0.3 is 14.3 Å². The Kier molecular flexibility index (Phi) is 5.60. The molecule has 1 fully saturated rings. The zero-order valence-electron chi connectivity index (χ0n) is 17.3. The number of amides is 1. The van der Waals surface area contributed by atoms with E-state index in [-0.39, 0.29) is 5.91 Å². The summed E-state index contributed by atoms with van der Waals surface area (Å²) in [6.07, 6.45) is 0. The number of hydrogen-bond acceptors (Lipinski definition) is 5. The summed E-state index contributed by atoms with van der Waals surface area (Å²) in [6, 6.07) is 24.8. The standard InChI is InChI=1S/C25H21ClN4O2/c26-21-10-12-22(13-11-21)29-14-16-30(17-15-29)25(31)20-8-6-19(7-9-20)24-27-23(28-32-24)18-4-2-1-3-5-18/h1-13H,14-17H2. The maximum absolute atomic E-state index is 13.0. The van der Waals surface area contributed by atoms with Gasteiger partial charge in [0.2, 0.25) is 5.82 Å². The summed E-state index contributed by atoms with van der Waals surface area (Å²) < 4.78 is 5.41. The van der Waals surface area contributed by atoms with Crippen LogP contribution in [0, 0.1) is 0 Å². The van der Waals surface area contributed by atoms with Crippen LogP contribution in [-0.4, -0.2) is 47.1 Å². The van der Waals surface area contributed by atoms with Gasteiger partial charge in [-0.3, -0.25) is 4.79 Å². The van der Waals surface area contributed by atoms with Gasteiger partial charge in [-0.25, -0.2) is 0 Å². The summed E-state index contributed by atoms with van der Waals surface area (Å²) in [6.45, 7) is 2.92. The van der Waals surface area contributed by atoms with Gasteiger partial charge >= 0.3 is 0 Å². The van der Waals surface area contributed by atoms with Crippen LogP contribution in [0.2, 0.25) is 5.02 Å². The average molecular weight is 445 g/mol. The summed E-state index contributed by atoms with van der Waals surface area (Å²) in [5.41, 5.74) is 3.45. The second-order valence-electron chi connectivity index (χ2n) is 7.62. The smallest absolute Gasteiger partial charge is 0.258 e. The lowest BCUT2D eigenvalue weighted by Crippen LogP contribution is -2.48. The molecule has 1 aromatic heterocycles. The summed E-state index contributed by atoms with van der Waals surface area (Å²) in [5.74, 6) is 1.00. The third-order valence-corrected chi connectivity index (χ3v) is 5.85. The van der Waals surface area contributed by atoms with E-state index in [1.807, 2.05) is 83.8 Å². The third-order valence-electron chi connectivity index (χ3n) is 5.60. The number of piperazine rings is 1. The molecule has 6 nitrogen and oxygen atoms in total. The van der Waals surface area contributed by atoms with Gasteiger partial charge in [0, 0.05) is 53.6 Å². The zero-order valence-corrected chi connectivity index (χ0v) is 18.1. The van der Waals surface area contributed by atoms with Crippen molar-refractivity contribution in [1.82, 2.24) is 15.0 Å². The number of anilines is 1. The molecule has 0 N–H and O–H groups in total. The van der Waals surface area contributed by atoms with E-state index in [1.165, 1.54) is 0 Å². The van der Waals surface area contributed by atoms with Crippen molar-refractivity contribution in [3.63, 3.8) is 0 Å². The Morgan fingerprint density at radius 3 is 2.19 bits per heavy atom. The van der Waals surface area contributed by atoms with Crippen LogP contribution < -0.4 is 4.90 Å². The van der Waals surface area contributed by atoms with E-state index < -0.39 is 0 Å². The van der Waals surface area contributed by atoms with Crippen LogP contribution in [-0.2, 0) is 0 Å². The van der Waals surface area contributed by atoms with Gasteiger partial charge in [0.25, 0.3) is 11.8 Å². The minimum Gasteiger partial charge on any atom is -0.368 e. The summed E-state index contributed by atoms with van der Waals surface area (Å²) in [7, 11) is 0. The van der Waals surface area contributed by atoms with Gasteiger partial charge in [-0.15, -0.1) is 0 Å². The van der Waals surface area contributed by atoms with Crippen LogP contribution in [0.25, 0.3) is 22.8 Å². The van der Waals surface area contributed by atoms with Gasteiger partial charge in [0.15, 0.2) is 0 Å². The van der Waals surface area contributed by atoms with Crippen molar-refractivity contribution in [2.45, 2.75) is 0 Å². The first-order chi connectivity index (χ1) is 15.7. The fraction of sp³-hybridized carbons (Fsp3) is 0.160. The van der Waals surface area contributed by atoms with Crippen LogP contribution in [0.15, 0.2) is 83.4 Å². The molecule has 5 rings (SSSR count). The molecule has 1 amide bonds. The second-order valence-corrected chi connectivity index (χ2v) is 8.06. The minimum atomic E-state index is 0.0304. The van der Waals surface area contributed by atoms with E-state index in [1.54, 1.807) is 0 Å². The maximum atomic E-state index is 13.0. The van der Waals surface area contributed by atoms with Crippen LogP contribution in [0.4, 0.5) is 5.69 Å². The molecule has 0 spiro atoms. The zero-order chi connectivity index (χ0) is 21.9. The normalized spacial score (nSPS) is 13.9. The van der Waals surface area contributed by atoms with Crippen LogP contribution >= 0.6 is 11.6 Å². The molecule has 0 aliphatic carbocycles. The summed E-state index contributed by atoms with van der Waals surface area (Å²) in [4.78, 5) is 21.6. The molecule has 1 aliphatic rings. The largest absolute Gasteiger partial charge is 0.368 e. The lowest BCUT2D eigenvalue weighted by molar-refractivity contribution is 0.0747. The predicted octanol–water partition coefficient (Wildman–Crippen LogP) is 5.02. The van der Waals surface area contributed by atoms with E-state index in [4.69, 9.17) is 16.1 Å². The van der Waals surface area contributed by atoms with E-state index >= 15 is 0 Å². The Morgan fingerprint density at radius 2 is 1.50 bits per heavy atom. The van der Waals surface area contributed by atoms with E-state index in [9.17, 15) is 4.79 Å². The molecule has 0 atom stereocenters. The molecule has 0 unspecified atom stereocenters. The van der Waals surface area contributed by atoms with Crippen LogP contribution in [0.5, 0.6) is 0 Å². The average Bonchev–Trinajstić information content (AvgIpc) is 3.35. The molecule has 0 saturated carbocycles. The highest BCUT2D eigenvalue weighted by molar-refractivity contribution is 6.30. The predicted molar refractivity (Wildman–Crippen MR) is 125 cm³/mol. The van der Waals surface area contributed by atoms with Gasteiger partial charge in [-0.1, -0.05) is 47.1 Å². The van der Waals surface area contributed by atoms with Crippen molar-refractivity contribution in [3.8, 4) is 22.8 Å². The molecule has 0 bridgehead atoms. The van der Waals surface area contributed by atoms with Crippen LogP contribution in [0.3, 0.4) is 0 Å². The number of carbonyl (C=O) groups excluding carboxylic acids is 1. The lowest BCUT2D eigenvalue weighted by Gasteiger charge is -2.36. The molecular formula is C25H21ClN4O2. The topological polar surface area (TPSA) is 62.5 Å². The van der Waals surface area contributed by atoms with Gasteiger partial charge in [0.1, 0.15) is 0 Å². The first kappa shape index (κ1) is 20.3. The van der Waals surface area contributed by atoms with Crippen molar-refractivity contribution >= 4 is 23.2 Å². The summed E-state index contributed by atoms with van der Waals surface area (Å²) >= 11 is 5.98. The fourth-order valence-electron chi connectivity index (χ4n) is 3.80. The molecule has 1 aliphatic heterocycles. The SMILES string of the molecule is O=C(c1ccc(-c2nc(-c3ccccc3)no2)cc1)N1CCN(c2ccc(Cl)cc2)CC1. The van der Waals surface area contributed by atoms with E-state index in [0.717, 1.165) is 34.9 Å². The number of halogens is 1. The van der Waals surface area contributed by atoms with Gasteiger partial charge in [-0.05, 0) is 48.5 Å². The molecule has 7 heteroatoms. The first-order valence-corrected chi connectivity index (χ1v) is 10.8. The molecule has 32 heavy (non-hydrogen) atoms. The molecule has 160 valence electrons. The number of benzene rings is 3. The van der Waals surface area contributed by atoms with E-state index in [0.29, 0.717) is 30.4 Å². The highest BCUT2D eigenvalue weighted by atomic mass is 35.5. The van der Waals surface area contributed by atoms with Crippen molar-refractivity contribution in [1.29, 1.82) is 0 Å². The fourth-order valence-corrected chi connectivity index (χ4v) is 3.93. The highest BCUT2D eigenvalue weighted by Crippen LogP contribution is 2.24. The molecular weight excluding hydrogens is 424 g/mol. The Bertz CT molecular complexity index is 1200. The van der Waals surface area contributed by atoms with Crippen molar-refractivity contribution in [2.24, 2.45) is 0 Å². The number of carbonyl (C=O) groups is 1. The Balaban J connectivity index is 1.23. The number of rotatable bonds is 4. The quantitative estimate of drug-likeness (QED) is 0.442. The number of hydrogen-bond donors (Lipinski definition) is 0. The summed E-state index contributed by atoms with van der Waals surface area (Å²) in [5, 5.41) is 4.78. The first-order valence-electron chi connectivity index (χ1n) is 10.5. The Morgan fingerprint density at radius 1 is 0.812 bits per heavy atom. The number of aromatic nitrogens is 2. The minimum absolute atomic E-state index is 0.0304. The molecule has 1 saturated heterocycles. The monoisotopic (exact) mass is 444 g/mol. The second kappa shape index (κ2) is 8.85. The number of nitrogens with zero attached hydrogens (tertiary/aromatic N) is 4. The Labute approximate surface area is 191 Å². The van der Waals surface area contributed by atoms with Gasteiger partial charge in [-0.2, -0.15) is 4.98 Å². The molecule has 0 radical (unpaired) electrons. The van der Waals surface area contributed by atoms with Crippen molar-refractivity contribution in [2.75, 3.05) is 31.1 Å². The maximum Gasteiger partial charge on any atom is 0.258 e. The van der Waals surface area contributed by atoms with Crippen LogP contribution in [0.1, 0.15) is 10.4 Å². The molecule has 2 heterocycles. The third kappa shape index (κ3) is 4.22. The molecule has 3 aromatic carbocycles. The highest BCUT2D eigenvalue weighted by Gasteiger charge is 2.22. The van der Waals surface area contributed by atoms with Crippen molar-refractivity contribution < 1.29 is 9.32 Å². The lowest BCUT2D eigenvalue weighted by atomic mass is 10.1. The van der Waals surface area contributed by atoms with Gasteiger partial charge in [0.05, 0.1) is 0 Å². The molecule has 4 aromatic rings. The van der Waals surface area contributed by atoms with E-state index in [2.05, 4.69) is 15.0 Å². The Hall–Kier alpha value is -3.64.